The van der Waals surface area contributed by atoms with Crippen molar-refractivity contribution in [2.75, 3.05) is 7.11 Å². The molecule has 0 N–H and O–H groups in total. The van der Waals surface area contributed by atoms with Gasteiger partial charge in [0, 0.05) is 5.56 Å². The quantitative estimate of drug-likeness (QED) is 0.666. The molecule has 0 fully saturated rings. The van der Waals surface area contributed by atoms with Gasteiger partial charge in [-0.2, -0.15) is 0 Å². The average Bonchev–Trinajstić information content (AvgIpc) is 2.89. The molecular weight excluding hydrogens is 270 g/mol. The third-order valence-corrected chi connectivity index (χ3v) is 4.18. The molecule has 1 aromatic heterocycles. The van der Waals surface area contributed by atoms with Gasteiger partial charge in [0.1, 0.15) is 5.01 Å². The van der Waals surface area contributed by atoms with Crippen LogP contribution in [-0.4, -0.2) is 18.1 Å². The molecule has 3 rings (SSSR count). The number of esters is 1. The molecule has 100 valence electrons. The third-order valence-electron chi connectivity index (χ3n) is 3.11. The SMILES string of the molecule is COC(=O)c1ccccc1-c1nc2cc(C)ccc2s1. The summed E-state index contributed by atoms with van der Waals surface area (Å²) in [6.07, 6.45) is 0. The molecule has 0 bridgehead atoms. The normalized spacial score (nSPS) is 10.7. The highest BCUT2D eigenvalue weighted by atomic mass is 32.1. The van der Waals surface area contributed by atoms with Crippen molar-refractivity contribution in [1.29, 1.82) is 0 Å². The summed E-state index contributed by atoms with van der Waals surface area (Å²) in [5, 5.41) is 0.839. The Hall–Kier alpha value is -2.20. The summed E-state index contributed by atoms with van der Waals surface area (Å²) in [4.78, 5) is 16.5. The zero-order chi connectivity index (χ0) is 14.1. The Morgan fingerprint density at radius 1 is 1.20 bits per heavy atom. The number of thiazole rings is 1. The molecule has 4 heteroatoms. The number of methoxy groups -OCH3 is 1. The second-order valence-corrected chi connectivity index (χ2v) is 5.56. The van der Waals surface area contributed by atoms with Crippen LogP contribution in [0.25, 0.3) is 20.8 Å². The molecule has 0 aliphatic carbocycles. The van der Waals surface area contributed by atoms with Gasteiger partial charge in [0.25, 0.3) is 0 Å². The Bertz CT molecular complexity index is 792. The molecule has 0 aliphatic heterocycles. The van der Waals surface area contributed by atoms with Gasteiger partial charge in [-0.05, 0) is 30.7 Å². The van der Waals surface area contributed by atoms with Crippen molar-refractivity contribution in [2.24, 2.45) is 0 Å². The predicted molar refractivity (Wildman–Crippen MR) is 81.1 cm³/mol. The van der Waals surface area contributed by atoms with Crippen molar-refractivity contribution in [1.82, 2.24) is 4.98 Å². The van der Waals surface area contributed by atoms with Crippen LogP contribution >= 0.6 is 11.3 Å². The number of ether oxygens (including phenoxy) is 1. The molecule has 0 saturated heterocycles. The van der Waals surface area contributed by atoms with E-state index in [-0.39, 0.29) is 5.97 Å². The van der Waals surface area contributed by atoms with Crippen molar-refractivity contribution in [3.05, 3.63) is 53.6 Å². The highest BCUT2D eigenvalue weighted by Crippen LogP contribution is 2.32. The van der Waals surface area contributed by atoms with Gasteiger partial charge in [0.15, 0.2) is 0 Å². The number of rotatable bonds is 2. The number of benzene rings is 2. The predicted octanol–water partition coefficient (Wildman–Crippen LogP) is 4.06. The molecular formula is C16H13NO2S. The van der Waals surface area contributed by atoms with Crippen LogP contribution in [0.15, 0.2) is 42.5 Å². The van der Waals surface area contributed by atoms with Gasteiger partial charge in [0.2, 0.25) is 0 Å². The first-order valence-corrected chi connectivity index (χ1v) is 7.05. The molecule has 0 unspecified atom stereocenters. The van der Waals surface area contributed by atoms with E-state index in [9.17, 15) is 4.79 Å². The van der Waals surface area contributed by atoms with E-state index >= 15 is 0 Å². The first-order valence-electron chi connectivity index (χ1n) is 6.24. The minimum absolute atomic E-state index is 0.337. The molecule has 3 aromatic rings. The Balaban J connectivity index is 2.18. The number of hydrogen-bond donors (Lipinski definition) is 0. The van der Waals surface area contributed by atoms with E-state index in [4.69, 9.17) is 4.74 Å². The summed E-state index contributed by atoms with van der Waals surface area (Å²) >= 11 is 1.58. The van der Waals surface area contributed by atoms with Crippen molar-refractivity contribution in [2.45, 2.75) is 6.92 Å². The van der Waals surface area contributed by atoms with E-state index < -0.39 is 0 Å². The molecule has 0 amide bonds. The summed E-state index contributed by atoms with van der Waals surface area (Å²) in [6.45, 7) is 2.04. The average molecular weight is 283 g/mol. The fourth-order valence-electron chi connectivity index (χ4n) is 2.11. The van der Waals surface area contributed by atoms with Crippen LogP contribution in [0.5, 0.6) is 0 Å². The van der Waals surface area contributed by atoms with Gasteiger partial charge in [-0.25, -0.2) is 9.78 Å². The van der Waals surface area contributed by atoms with Gasteiger partial charge in [-0.1, -0.05) is 24.3 Å². The van der Waals surface area contributed by atoms with Crippen LogP contribution in [0, 0.1) is 6.92 Å². The second kappa shape index (κ2) is 5.06. The summed E-state index contributed by atoms with van der Waals surface area (Å²) in [5.41, 5.74) is 3.50. The Morgan fingerprint density at radius 2 is 2.00 bits per heavy atom. The zero-order valence-electron chi connectivity index (χ0n) is 11.2. The van der Waals surface area contributed by atoms with Crippen LogP contribution in [-0.2, 0) is 4.74 Å². The smallest absolute Gasteiger partial charge is 0.338 e. The van der Waals surface area contributed by atoms with E-state index in [0.29, 0.717) is 5.56 Å². The molecule has 3 nitrogen and oxygen atoms in total. The van der Waals surface area contributed by atoms with Crippen molar-refractivity contribution in [3.8, 4) is 10.6 Å². The number of hydrogen-bond acceptors (Lipinski definition) is 4. The summed E-state index contributed by atoms with van der Waals surface area (Å²) in [6, 6.07) is 13.6. The van der Waals surface area contributed by atoms with Gasteiger partial charge in [0.05, 0.1) is 22.9 Å². The summed E-state index contributed by atoms with van der Waals surface area (Å²) < 4.78 is 5.95. The lowest BCUT2D eigenvalue weighted by molar-refractivity contribution is 0.0601. The van der Waals surface area contributed by atoms with Crippen LogP contribution in [0.1, 0.15) is 15.9 Å². The summed E-state index contributed by atoms with van der Waals surface area (Å²) in [5.74, 6) is -0.337. The van der Waals surface area contributed by atoms with Gasteiger partial charge in [-0.3, -0.25) is 0 Å². The molecule has 0 radical (unpaired) electrons. The number of carbonyl (C=O) groups is 1. The van der Waals surface area contributed by atoms with Crippen LogP contribution in [0.3, 0.4) is 0 Å². The lowest BCUT2D eigenvalue weighted by atomic mass is 10.1. The van der Waals surface area contributed by atoms with Gasteiger partial charge >= 0.3 is 5.97 Å². The maximum absolute atomic E-state index is 11.8. The highest BCUT2D eigenvalue weighted by Gasteiger charge is 2.15. The minimum Gasteiger partial charge on any atom is -0.465 e. The Labute approximate surface area is 120 Å². The topological polar surface area (TPSA) is 39.2 Å². The fourth-order valence-corrected chi connectivity index (χ4v) is 3.10. The molecule has 2 aromatic carbocycles. The molecule has 0 atom stereocenters. The Morgan fingerprint density at radius 3 is 2.80 bits per heavy atom. The van der Waals surface area contributed by atoms with E-state index in [2.05, 4.69) is 23.2 Å². The van der Waals surface area contributed by atoms with Gasteiger partial charge in [-0.15, -0.1) is 11.3 Å². The van der Waals surface area contributed by atoms with Crippen LogP contribution < -0.4 is 0 Å². The maximum atomic E-state index is 11.8. The number of carbonyl (C=O) groups excluding carboxylic acids is 1. The lowest BCUT2D eigenvalue weighted by Crippen LogP contribution is -2.02. The number of nitrogens with zero attached hydrogens (tertiary/aromatic N) is 1. The number of aromatic nitrogens is 1. The second-order valence-electron chi connectivity index (χ2n) is 4.53. The molecule has 1 heterocycles. The van der Waals surface area contributed by atoms with Crippen LogP contribution in [0.2, 0.25) is 0 Å². The minimum atomic E-state index is -0.337. The van der Waals surface area contributed by atoms with Crippen LogP contribution in [0.4, 0.5) is 0 Å². The van der Waals surface area contributed by atoms with Crippen molar-refractivity contribution < 1.29 is 9.53 Å². The number of aryl methyl sites for hydroxylation is 1. The van der Waals surface area contributed by atoms with E-state index in [1.165, 1.54) is 12.7 Å². The lowest BCUT2D eigenvalue weighted by Gasteiger charge is -2.04. The highest BCUT2D eigenvalue weighted by molar-refractivity contribution is 7.21. The summed E-state index contributed by atoms with van der Waals surface area (Å²) in [7, 11) is 1.39. The third kappa shape index (κ3) is 2.18. The first kappa shape index (κ1) is 12.8. The standard InChI is InChI=1S/C16H13NO2S/c1-10-7-8-14-13(9-10)17-15(20-14)11-5-3-4-6-12(11)16(18)19-2/h3-9H,1-2H3. The van der Waals surface area contributed by atoms with E-state index in [0.717, 1.165) is 20.8 Å². The monoisotopic (exact) mass is 283 g/mol. The molecule has 0 aliphatic rings. The Kier molecular flexibility index (Phi) is 3.24. The van der Waals surface area contributed by atoms with Crippen molar-refractivity contribution >= 4 is 27.5 Å². The van der Waals surface area contributed by atoms with E-state index in [1.807, 2.05) is 25.1 Å². The first-order chi connectivity index (χ1) is 9.69. The fraction of sp³-hybridized carbons (Fsp3) is 0.125. The molecule has 0 saturated carbocycles. The van der Waals surface area contributed by atoms with Gasteiger partial charge < -0.3 is 4.74 Å². The molecule has 20 heavy (non-hydrogen) atoms. The van der Waals surface area contributed by atoms with E-state index in [1.54, 1.807) is 17.4 Å². The molecule has 0 spiro atoms. The maximum Gasteiger partial charge on any atom is 0.338 e. The number of fused-ring (bicyclic) bond motifs is 1. The largest absolute Gasteiger partial charge is 0.465 e. The zero-order valence-corrected chi connectivity index (χ0v) is 12.0. The van der Waals surface area contributed by atoms with Crippen molar-refractivity contribution in [3.63, 3.8) is 0 Å².